The van der Waals surface area contributed by atoms with Crippen LogP contribution in [0.3, 0.4) is 0 Å². The van der Waals surface area contributed by atoms with Gasteiger partial charge in [0.2, 0.25) is 0 Å². The summed E-state index contributed by atoms with van der Waals surface area (Å²) in [5.74, 6) is 0.711. The van der Waals surface area contributed by atoms with E-state index in [0.717, 1.165) is 0 Å². The van der Waals surface area contributed by atoms with E-state index in [0.29, 0.717) is 11.4 Å². The second kappa shape index (κ2) is 2.22. The van der Waals surface area contributed by atoms with E-state index in [2.05, 4.69) is 20.3 Å². The highest BCUT2D eigenvalue weighted by Crippen LogP contribution is 2.21. The van der Waals surface area contributed by atoms with Gasteiger partial charge in [-0.1, -0.05) is 0 Å². The highest BCUT2D eigenvalue weighted by atomic mass is 16.5. The maximum absolute atomic E-state index is 5.50. The molecule has 0 saturated heterocycles. The maximum Gasteiger partial charge on any atom is 0.264 e. The van der Waals surface area contributed by atoms with Crippen LogP contribution in [0.2, 0.25) is 0 Å². The molecule has 62 valence electrons. The number of aromatic nitrogens is 4. The average Bonchev–Trinajstić information content (AvgIpc) is 2.58. The molecule has 5 N–H and O–H groups in total. The Balaban J connectivity index is 2.50. The summed E-state index contributed by atoms with van der Waals surface area (Å²) in [5, 5.41) is 9.63. The van der Waals surface area contributed by atoms with Gasteiger partial charge in [-0.05, 0) is 5.16 Å². The Labute approximate surface area is 66.8 Å². The molecule has 0 amide bonds. The third kappa shape index (κ3) is 0.875. The topological polar surface area (TPSA) is 120 Å². The van der Waals surface area contributed by atoms with Crippen LogP contribution in [-0.4, -0.2) is 20.3 Å². The van der Waals surface area contributed by atoms with Crippen LogP contribution in [0.1, 0.15) is 0 Å². The van der Waals surface area contributed by atoms with E-state index in [4.69, 9.17) is 16.0 Å². The van der Waals surface area contributed by atoms with Gasteiger partial charge in [-0.15, -0.1) is 0 Å². The lowest BCUT2D eigenvalue weighted by Gasteiger charge is -1.86. The quantitative estimate of drug-likeness (QED) is 0.531. The normalized spacial score (nSPS) is 10.3. The number of hydrogen-bond donors (Lipinski definition) is 3. The largest absolute Gasteiger partial charge is 0.383 e. The predicted octanol–water partition coefficient (Wildman–Crippen LogP) is -0.376. The zero-order valence-electron chi connectivity index (χ0n) is 5.98. The third-order valence-corrected chi connectivity index (χ3v) is 1.34. The van der Waals surface area contributed by atoms with Gasteiger partial charge >= 0.3 is 0 Å². The fourth-order valence-corrected chi connectivity index (χ4v) is 0.811. The zero-order valence-corrected chi connectivity index (χ0v) is 5.98. The van der Waals surface area contributed by atoms with E-state index in [1.54, 1.807) is 0 Å². The molecule has 0 unspecified atom stereocenters. The van der Waals surface area contributed by atoms with Gasteiger partial charge in [-0.2, -0.15) is 10.1 Å². The van der Waals surface area contributed by atoms with Crippen LogP contribution in [0, 0.1) is 0 Å². The van der Waals surface area contributed by atoms with E-state index in [1.807, 2.05) is 0 Å². The number of nitrogens with one attached hydrogen (secondary N) is 1. The second-order valence-corrected chi connectivity index (χ2v) is 2.16. The SMILES string of the molecule is Nc1noc(-c2cn[nH]c2N)n1. The molecule has 0 radical (unpaired) electrons. The Morgan fingerprint density at radius 1 is 1.42 bits per heavy atom. The van der Waals surface area contributed by atoms with Gasteiger partial charge in [-0.3, -0.25) is 5.10 Å². The third-order valence-electron chi connectivity index (χ3n) is 1.34. The van der Waals surface area contributed by atoms with Gasteiger partial charge in [0.05, 0.1) is 6.20 Å². The van der Waals surface area contributed by atoms with Crippen molar-refractivity contribution in [1.82, 2.24) is 20.3 Å². The van der Waals surface area contributed by atoms with Crippen LogP contribution in [0.5, 0.6) is 0 Å². The van der Waals surface area contributed by atoms with Crippen molar-refractivity contribution in [3.8, 4) is 11.5 Å². The van der Waals surface area contributed by atoms with Crippen molar-refractivity contribution < 1.29 is 4.52 Å². The summed E-state index contributed by atoms with van der Waals surface area (Å²) in [5.41, 5.74) is 11.3. The first-order valence-corrected chi connectivity index (χ1v) is 3.16. The maximum atomic E-state index is 5.50. The van der Waals surface area contributed by atoms with Crippen molar-refractivity contribution >= 4 is 11.8 Å². The first-order valence-electron chi connectivity index (χ1n) is 3.16. The van der Waals surface area contributed by atoms with Crippen molar-refractivity contribution in [1.29, 1.82) is 0 Å². The molecule has 0 saturated carbocycles. The Bertz CT molecular complexity index is 390. The van der Waals surface area contributed by atoms with Crippen LogP contribution < -0.4 is 11.5 Å². The van der Waals surface area contributed by atoms with Crippen molar-refractivity contribution in [2.75, 3.05) is 11.5 Å². The molecule has 2 heterocycles. The number of nitrogens with two attached hydrogens (primary N) is 2. The Morgan fingerprint density at radius 2 is 2.25 bits per heavy atom. The van der Waals surface area contributed by atoms with Gasteiger partial charge in [0.15, 0.2) is 0 Å². The van der Waals surface area contributed by atoms with Gasteiger partial charge in [0.25, 0.3) is 11.8 Å². The molecular weight excluding hydrogens is 160 g/mol. The molecular formula is C5H6N6O. The second-order valence-electron chi connectivity index (χ2n) is 2.16. The molecule has 0 bridgehead atoms. The highest BCUT2D eigenvalue weighted by molar-refractivity contribution is 5.65. The molecule has 0 aliphatic heterocycles. The monoisotopic (exact) mass is 166 g/mol. The Kier molecular flexibility index (Phi) is 1.23. The zero-order chi connectivity index (χ0) is 8.55. The minimum absolute atomic E-state index is 0.0746. The summed E-state index contributed by atoms with van der Waals surface area (Å²) in [6.45, 7) is 0. The first-order chi connectivity index (χ1) is 5.77. The molecule has 2 aromatic heterocycles. The van der Waals surface area contributed by atoms with Gasteiger partial charge < -0.3 is 16.0 Å². The first kappa shape index (κ1) is 6.65. The highest BCUT2D eigenvalue weighted by Gasteiger charge is 2.11. The van der Waals surface area contributed by atoms with Crippen LogP contribution in [-0.2, 0) is 0 Å². The molecule has 0 aliphatic carbocycles. The lowest BCUT2D eigenvalue weighted by molar-refractivity contribution is 0.433. The fraction of sp³-hybridized carbons (Fsp3) is 0. The lowest BCUT2D eigenvalue weighted by Crippen LogP contribution is -1.88. The molecule has 2 rings (SSSR count). The fourth-order valence-electron chi connectivity index (χ4n) is 0.811. The Hall–Kier alpha value is -2.05. The molecule has 0 aliphatic rings. The summed E-state index contributed by atoms with van der Waals surface area (Å²) in [6, 6.07) is 0. The summed E-state index contributed by atoms with van der Waals surface area (Å²) in [4.78, 5) is 3.77. The standard InChI is InChI=1S/C5H6N6O/c6-3-2(1-8-10-3)4-9-5(7)11-12-4/h1H,(H2,7,11)(H3,6,8,10). The molecule has 0 aromatic carbocycles. The van der Waals surface area contributed by atoms with E-state index < -0.39 is 0 Å². The number of anilines is 2. The van der Waals surface area contributed by atoms with E-state index >= 15 is 0 Å². The molecule has 0 spiro atoms. The van der Waals surface area contributed by atoms with Crippen molar-refractivity contribution in [2.24, 2.45) is 0 Å². The predicted molar refractivity (Wildman–Crippen MR) is 40.7 cm³/mol. The minimum Gasteiger partial charge on any atom is -0.383 e. The average molecular weight is 166 g/mol. The van der Waals surface area contributed by atoms with Gasteiger partial charge in [-0.25, -0.2) is 0 Å². The number of nitrogens with zero attached hydrogens (tertiary/aromatic N) is 3. The number of H-pyrrole nitrogens is 1. The van der Waals surface area contributed by atoms with E-state index in [-0.39, 0.29) is 11.8 Å². The summed E-state index contributed by atoms with van der Waals surface area (Å²) in [6.07, 6.45) is 1.49. The van der Waals surface area contributed by atoms with Gasteiger partial charge in [0, 0.05) is 0 Å². The van der Waals surface area contributed by atoms with Crippen LogP contribution in [0.15, 0.2) is 10.7 Å². The number of aromatic amines is 1. The number of rotatable bonds is 1. The Morgan fingerprint density at radius 3 is 2.75 bits per heavy atom. The molecule has 12 heavy (non-hydrogen) atoms. The van der Waals surface area contributed by atoms with E-state index in [9.17, 15) is 0 Å². The van der Waals surface area contributed by atoms with Crippen molar-refractivity contribution in [2.45, 2.75) is 0 Å². The minimum atomic E-state index is 0.0746. The molecule has 0 fully saturated rings. The summed E-state index contributed by atoms with van der Waals surface area (Å²) in [7, 11) is 0. The summed E-state index contributed by atoms with van der Waals surface area (Å²) < 4.78 is 4.76. The molecule has 7 heteroatoms. The molecule has 2 aromatic rings. The number of hydrogen-bond acceptors (Lipinski definition) is 6. The lowest BCUT2D eigenvalue weighted by atomic mass is 10.3. The van der Waals surface area contributed by atoms with Crippen LogP contribution in [0.25, 0.3) is 11.5 Å². The van der Waals surface area contributed by atoms with Crippen LogP contribution in [0.4, 0.5) is 11.8 Å². The smallest absolute Gasteiger partial charge is 0.264 e. The van der Waals surface area contributed by atoms with E-state index in [1.165, 1.54) is 6.20 Å². The van der Waals surface area contributed by atoms with Gasteiger partial charge in [0.1, 0.15) is 11.4 Å². The van der Waals surface area contributed by atoms with Crippen molar-refractivity contribution in [3.63, 3.8) is 0 Å². The number of nitrogen functional groups attached to an aromatic ring is 2. The van der Waals surface area contributed by atoms with Crippen LogP contribution >= 0.6 is 0 Å². The molecule has 7 nitrogen and oxygen atoms in total. The molecule has 0 atom stereocenters. The van der Waals surface area contributed by atoms with Crippen molar-refractivity contribution in [3.05, 3.63) is 6.20 Å². The summed E-state index contributed by atoms with van der Waals surface area (Å²) >= 11 is 0.